The van der Waals surface area contributed by atoms with E-state index in [0.29, 0.717) is 12.8 Å². The van der Waals surface area contributed by atoms with Crippen LogP contribution < -0.4 is 0 Å². The maximum Gasteiger partial charge on any atom is 0.328 e. The normalized spacial score (nSPS) is 26.8. The lowest BCUT2D eigenvalue weighted by Crippen LogP contribution is -2.47. The first-order valence-corrected chi connectivity index (χ1v) is 13.6. The number of esters is 2. The first-order valence-electron chi connectivity index (χ1n) is 13.6. The molecule has 2 heterocycles. The summed E-state index contributed by atoms with van der Waals surface area (Å²) in [7, 11) is 1.29. The topological polar surface area (TPSA) is 93.1 Å². The molecule has 0 aromatic rings. The predicted molar refractivity (Wildman–Crippen MR) is 131 cm³/mol. The number of carbonyl (C=O) groups is 3. The van der Waals surface area contributed by atoms with Crippen LogP contribution in [0.1, 0.15) is 117 Å². The molecule has 2 fully saturated rings. The lowest BCUT2D eigenvalue weighted by molar-refractivity contribution is -0.153. The molecule has 0 aromatic heterocycles. The molecule has 0 bridgehead atoms. The third kappa shape index (κ3) is 8.24. The largest absolute Gasteiger partial charge is 0.467 e. The Morgan fingerprint density at radius 1 is 1.00 bits per heavy atom. The number of rotatable bonds is 17. The van der Waals surface area contributed by atoms with E-state index in [-0.39, 0.29) is 18.9 Å². The second-order valence-electron chi connectivity index (χ2n) is 10.4. The molecule has 1 amide bonds. The van der Waals surface area contributed by atoms with E-state index in [2.05, 4.69) is 6.92 Å². The van der Waals surface area contributed by atoms with Gasteiger partial charge < -0.3 is 19.5 Å². The van der Waals surface area contributed by atoms with Gasteiger partial charge in [-0.3, -0.25) is 9.59 Å². The van der Waals surface area contributed by atoms with Gasteiger partial charge in [0.1, 0.15) is 23.7 Å². The number of aliphatic hydroxyl groups is 1. The van der Waals surface area contributed by atoms with Gasteiger partial charge >= 0.3 is 11.9 Å². The third-order valence-corrected chi connectivity index (χ3v) is 7.61. The molecule has 1 unspecified atom stereocenters. The van der Waals surface area contributed by atoms with Crippen LogP contribution in [0, 0.1) is 5.92 Å². The van der Waals surface area contributed by atoms with Gasteiger partial charge in [-0.2, -0.15) is 0 Å². The van der Waals surface area contributed by atoms with Gasteiger partial charge in [0.05, 0.1) is 7.11 Å². The summed E-state index contributed by atoms with van der Waals surface area (Å²) in [4.78, 5) is 38.2. The molecule has 0 aliphatic carbocycles. The molecule has 0 radical (unpaired) electrons. The predicted octanol–water partition coefficient (Wildman–Crippen LogP) is 4.92. The lowest BCUT2D eigenvalue weighted by Gasteiger charge is -2.29. The number of amides is 1. The summed E-state index contributed by atoms with van der Waals surface area (Å²) in [5.74, 6) is -2.00. The van der Waals surface area contributed by atoms with Gasteiger partial charge in [0.15, 0.2) is 0 Å². The van der Waals surface area contributed by atoms with E-state index in [1.807, 2.05) is 0 Å². The Labute approximate surface area is 205 Å². The standard InChI is InChI=1S/C27H47NO6/c1-4-5-6-7-8-9-10-11-12-13-14-15-16-19-27(2)24(30)21(25(31)34-27)20-28-22(26(32)33-3)17-18-23(28)29/h21-22,24,30H,4-20H2,1-3H3/t21-,22?,24+,27-/m1/s1. The van der Waals surface area contributed by atoms with Crippen LogP contribution in [0.4, 0.5) is 0 Å². The van der Waals surface area contributed by atoms with Gasteiger partial charge in [0, 0.05) is 13.0 Å². The SMILES string of the molecule is CCCCCCCCCCCCCCC[C@@]1(C)OC(=O)[C@H](CN2C(=O)CCC2C(=O)OC)[C@@H]1O. The van der Waals surface area contributed by atoms with Crippen LogP contribution in [0.25, 0.3) is 0 Å². The van der Waals surface area contributed by atoms with E-state index in [9.17, 15) is 19.5 Å². The lowest BCUT2D eigenvalue weighted by atomic mass is 9.87. The average molecular weight is 482 g/mol. The Hall–Kier alpha value is -1.63. The molecule has 2 aliphatic rings. The zero-order valence-corrected chi connectivity index (χ0v) is 21.7. The molecule has 0 aromatic carbocycles. The smallest absolute Gasteiger partial charge is 0.328 e. The summed E-state index contributed by atoms with van der Waals surface area (Å²) in [6.45, 7) is 4.02. The van der Waals surface area contributed by atoms with Crippen LogP contribution in [0.3, 0.4) is 0 Å². The van der Waals surface area contributed by atoms with Gasteiger partial charge in [0.2, 0.25) is 5.91 Å². The first-order chi connectivity index (χ1) is 16.3. The van der Waals surface area contributed by atoms with Crippen molar-refractivity contribution in [1.82, 2.24) is 4.90 Å². The molecular formula is C27H47NO6. The fraction of sp³-hybridized carbons (Fsp3) is 0.889. The molecule has 4 atom stereocenters. The fourth-order valence-electron chi connectivity index (χ4n) is 5.34. The van der Waals surface area contributed by atoms with E-state index >= 15 is 0 Å². The van der Waals surface area contributed by atoms with E-state index in [0.717, 1.165) is 19.3 Å². The highest BCUT2D eigenvalue weighted by atomic mass is 16.6. The monoisotopic (exact) mass is 481 g/mol. The van der Waals surface area contributed by atoms with E-state index in [4.69, 9.17) is 9.47 Å². The number of hydrogen-bond donors (Lipinski definition) is 1. The zero-order chi connectivity index (χ0) is 25.0. The molecule has 7 nitrogen and oxygen atoms in total. The first kappa shape index (κ1) is 28.6. The fourth-order valence-corrected chi connectivity index (χ4v) is 5.34. The molecular weight excluding hydrogens is 434 g/mol. The van der Waals surface area contributed by atoms with Gasteiger partial charge in [-0.15, -0.1) is 0 Å². The quantitative estimate of drug-likeness (QED) is 0.234. The van der Waals surface area contributed by atoms with Gasteiger partial charge in [-0.1, -0.05) is 84.0 Å². The van der Waals surface area contributed by atoms with Crippen molar-refractivity contribution in [2.75, 3.05) is 13.7 Å². The molecule has 34 heavy (non-hydrogen) atoms. The van der Waals surface area contributed by atoms with Gasteiger partial charge in [-0.25, -0.2) is 4.79 Å². The average Bonchev–Trinajstić information content (AvgIpc) is 3.28. The van der Waals surface area contributed by atoms with Gasteiger partial charge in [0.25, 0.3) is 0 Å². The number of methoxy groups -OCH3 is 1. The Kier molecular flexibility index (Phi) is 12.4. The van der Waals surface area contributed by atoms with Crippen molar-refractivity contribution in [1.29, 1.82) is 0 Å². The summed E-state index contributed by atoms with van der Waals surface area (Å²) < 4.78 is 10.4. The molecule has 2 rings (SSSR count). The maximum atomic E-state index is 12.5. The number of ether oxygens (including phenoxy) is 2. The van der Waals surface area contributed by atoms with Crippen LogP contribution >= 0.6 is 0 Å². The second kappa shape index (κ2) is 14.7. The zero-order valence-electron chi connectivity index (χ0n) is 21.7. The third-order valence-electron chi connectivity index (χ3n) is 7.61. The van der Waals surface area contributed by atoms with E-state index < -0.39 is 35.6 Å². The number of hydrogen-bond acceptors (Lipinski definition) is 6. The van der Waals surface area contributed by atoms with Crippen molar-refractivity contribution >= 4 is 17.8 Å². The summed E-state index contributed by atoms with van der Waals surface area (Å²) in [6, 6.07) is -0.689. The van der Waals surface area contributed by atoms with Gasteiger partial charge in [-0.05, 0) is 26.2 Å². The van der Waals surface area contributed by atoms with Crippen molar-refractivity contribution < 1.29 is 29.0 Å². The van der Waals surface area contributed by atoms with Crippen LogP contribution in [0.2, 0.25) is 0 Å². The number of nitrogens with zero attached hydrogens (tertiary/aromatic N) is 1. The number of likely N-dealkylation sites (tertiary alicyclic amines) is 1. The van der Waals surface area contributed by atoms with Crippen molar-refractivity contribution in [2.24, 2.45) is 5.92 Å². The summed E-state index contributed by atoms with van der Waals surface area (Å²) in [5, 5.41) is 10.9. The number of carbonyl (C=O) groups excluding carboxylic acids is 3. The summed E-state index contributed by atoms with van der Waals surface area (Å²) in [6.07, 6.45) is 16.6. The number of cyclic esters (lactones) is 1. The highest BCUT2D eigenvalue weighted by Gasteiger charge is 2.53. The minimum atomic E-state index is -0.996. The highest BCUT2D eigenvalue weighted by molar-refractivity contribution is 5.88. The Morgan fingerprint density at radius 3 is 2.06 bits per heavy atom. The number of unbranched alkanes of at least 4 members (excludes halogenated alkanes) is 12. The minimum absolute atomic E-state index is 0.00715. The summed E-state index contributed by atoms with van der Waals surface area (Å²) in [5.41, 5.74) is -0.941. The Morgan fingerprint density at radius 2 is 1.53 bits per heavy atom. The van der Waals surface area contributed by atoms with E-state index in [1.165, 1.54) is 76.2 Å². The number of aliphatic hydroxyl groups excluding tert-OH is 1. The van der Waals surface area contributed by atoms with E-state index in [1.54, 1.807) is 6.92 Å². The van der Waals surface area contributed by atoms with Crippen LogP contribution in [0.5, 0.6) is 0 Å². The van der Waals surface area contributed by atoms with Crippen molar-refractivity contribution in [3.63, 3.8) is 0 Å². The Balaban J connectivity index is 1.64. The molecule has 7 heteroatoms. The molecule has 2 aliphatic heterocycles. The summed E-state index contributed by atoms with van der Waals surface area (Å²) >= 11 is 0. The second-order valence-corrected chi connectivity index (χ2v) is 10.4. The molecule has 196 valence electrons. The maximum absolute atomic E-state index is 12.5. The molecule has 0 saturated carbocycles. The minimum Gasteiger partial charge on any atom is -0.467 e. The Bertz CT molecular complexity index is 653. The van der Waals surface area contributed by atoms with Crippen molar-refractivity contribution in [2.45, 2.75) is 134 Å². The molecule has 1 N–H and O–H groups in total. The highest BCUT2D eigenvalue weighted by Crippen LogP contribution is 2.37. The van der Waals surface area contributed by atoms with Crippen LogP contribution in [0.15, 0.2) is 0 Å². The van der Waals surface area contributed by atoms with Crippen molar-refractivity contribution in [3.8, 4) is 0 Å². The van der Waals surface area contributed by atoms with Crippen LogP contribution in [-0.4, -0.2) is 59.3 Å². The molecule has 2 saturated heterocycles. The van der Waals surface area contributed by atoms with Crippen LogP contribution in [-0.2, 0) is 23.9 Å². The molecule has 0 spiro atoms. The van der Waals surface area contributed by atoms with Crippen molar-refractivity contribution in [3.05, 3.63) is 0 Å².